The van der Waals surface area contributed by atoms with Gasteiger partial charge in [-0.3, -0.25) is 4.90 Å². The monoisotopic (exact) mass is 484 g/mol. The highest BCUT2D eigenvalue weighted by Gasteiger charge is 2.39. The van der Waals surface area contributed by atoms with E-state index < -0.39 is 36.0 Å². The van der Waals surface area contributed by atoms with Crippen LogP contribution in [0.5, 0.6) is 0 Å². The summed E-state index contributed by atoms with van der Waals surface area (Å²) in [6.45, 7) is 2.53. The van der Waals surface area contributed by atoms with Crippen molar-refractivity contribution in [3.8, 4) is 0 Å². The third-order valence-electron chi connectivity index (χ3n) is 4.30. The topological polar surface area (TPSA) is 89.9 Å². The molecule has 15 heteroatoms. The van der Waals surface area contributed by atoms with Crippen molar-refractivity contribution in [1.29, 1.82) is 0 Å². The van der Waals surface area contributed by atoms with Gasteiger partial charge in [-0.15, -0.1) is 0 Å². The first-order chi connectivity index (χ1) is 14.4. The highest BCUT2D eigenvalue weighted by atomic mass is 19.4. The molecule has 3 rings (SSSR count). The maximum atomic E-state index is 12.6. The summed E-state index contributed by atoms with van der Waals surface area (Å²) in [6, 6.07) is 6.67. The van der Waals surface area contributed by atoms with Gasteiger partial charge in [-0.2, -0.15) is 39.5 Å². The molecule has 0 aromatic heterocycles. The molecular formula is C17H17F9N2O4. The van der Waals surface area contributed by atoms with Gasteiger partial charge in [0.25, 0.3) is 0 Å². The third kappa shape index (κ3) is 8.90. The SMILES string of the molecule is FC(F)(F)c1cccc(CN2C[C@@H]3C[C@H]2CN3)c1.O=C(O)C(F)(F)F.O=C(O)C(F)(F)F. The van der Waals surface area contributed by atoms with Crippen molar-refractivity contribution in [3.63, 3.8) is 0 Å². The van der Waals surface area contributed by atoms with E-state index in [-0.39, 0.29) is 0 Å². The van der Waals surface area contributed by atoms with Gasteiger partial charge in [-0.05, 0) is 18.1 Å². The predicted molar refractivity (Wildman–Crippen MR) is 89.4 cm³/mol. The van der Waals surface area contributed by atoms with Crippen LogP contribution in [0.1, 0.15) is 17.5 Å². The molecule has 182 valence electrons. The Kier molecular flexibility index (Phi) is 8.91. The van der Waals surface area contributed by atoms with Crippen LogP contribution in [-0.4, -0.2) is 64.6 Å². The first-order valence-corrected chi connectivity index (χ1v) is 8.65. The summed E-state index contributed by atoms with van der Waals surface area (Å²) in [7, 11) is 0. The van der Waals surface area contributed by atoms with E-state index in [2.05, 4.69) is 10.2 Å². The number of piperazine rings is 1. The Morgan fingerprint density at radius 3 is 1.81 bits per heavy atom. The fourth-order valence-corrected chi connectivity index (χ4v) is 2.92. The minimum atomic E-state index is -5.08. The highest BCUT2D eigenvalue weighted by Crippen LogP contribution is 2.31. The normalized spacial score (nSPS) is 20.7. The molecule has 2 saturated heterocycles. The zero-order valence-corrected chi connectivity index (χ0v) is 15.9. The average Bonchev–Trinajstić information content (AvgIpc) is 3.23. The minimum Gasteiger partial charge on any atom is -0.475 e. The molecule has 2 bridgehead atoms. The Hall–Kier alpha value is -2.55. The summed E-state index contributed by atoms with van der Waals surface area (Å²) in [5.41, 5.74) is 0.194. The molecule has 2 atom stereocenters. The molecule has 2 fully saturated rings. The molecule has 2 heterocycles. The third-order valence-corrected chi connectivity index (χ3v) is 4.30. The lowest BCUT2D eigenvalue weighted by Gasteiger charge is -2.27. The summed E-state index contributed by atoms with van der Waals surface area (Å²) in [5.74, 6) is -5.51. The number of hydrogen-bond acceptors (Lipinski definition) is 4. The zero-order chi connectivity index (χ0) is 24.9. The highest BCUT2D eigenvalue weighted by molar-refractivity contribution is 5.73. The minimum absolute atomic E-state index is 0.490. The number of carbonyl (C=O) groups is 2. The number of nitrogens with zero attached hydrogens (tertiary/aromatic N) is 1. The lowest BCUT2D eigenvalue weighted by molar-refractivity contribution is -0.193. The fraction of sp³-hybridized carbons (Fsp3) is 0.529. The molecule has 6 nitrogen and oxygen atoms in total. The van der Waals surface area contributed by atoms with E-state index in [1.54, 1.807) is 6.07 Å². The molecule has 2 aliphatic heterocycles. The smallest absolute Gasteiger partial charge is 0.475 e. The van der Waals surface area contributed by atoms with Crippen LogP contribution in [0.15, 0.2) is 24.3 Å². The second-order valence-corrected chi connectivity index (χ2v) is 6.73. The number of fused-ring (bicyclic) bond motifs is 2. The van der Waals surface area contributed by atoms with Gasteiger partial charge in [0.2, 0.25) is 0 Å². The molecule has 0 aliphatic carbocycles. The van der Waals surface area contributed by atoms with E-state index in [0.29, 0.717) is 18.6 Å². The molecule has 0 amide bonds. The van der Waals surface area contributed by atoms with E-state index in [9.17, 15) is 39.5 Å². The Labute approximate surface area is 174 Å². The molecule has 1 aromatic carbocycles. The fourth-order valence-electron chi connectivity index (χ4n) is 2.92. The second-order valence-electron chi connectivity index (χ2n) is 6.73. The Balaban J connectivity index is 0.000000305. The Bertz CT molecular complexity index is 769. The maximum absolute atomic E-state index is 12.6. The number of alkyl halides is 9. The standard InChI is InChI=1S/C13H15F3N2.2C2HF3O2/c14-13(15,16)10-3-1-2-9(4-10)7-18-8-11-5-12(18)6-17-11;2*3-2(4,5)1(6)7/h1-4,11-12,17H,5-8H2;2*(H,6,7)/t11-,12-;;/m0../s1. The number of nitrogens with one attached hydrogen (secondary N) is 1. The van der Waals surface area contributed by atoms with Crippen molar-refractivity contribution in [1.82, 2.24) is 10.2 Å². The van der Waals surface area contributed by atoms with Gasteiger partial charge < -0.3 is 15.5 Å². The number of carboxylic acid groups (broad SMARTS) is 2. The van der Waals surface area contributed by atoms with Gasteiger partial charge in [-0.1, -0.05) is 18.2 Å². The van der Waals surface area contributed by atoms with E-state index >= 15 is 0 Å². The first-order valence-electron chi connectivity index (χ1n) is 8.65. The van der Waals surface area contributed by atoms with Crippen LogP contribution in [0.25, 0.3) is 0 Å². The van der Waals surface area contributed by atoms with Crippen LogP contribution in [0, 0.1) is 0 Å². The lowest BCUT2D eigenvalue weighted by Crippen LogP contribution is -2.42. The summed E-state index contributed by atoms with van der Waals surface area (Å²) in [5, 5.41) is 17.6. The lowest BCUT2D eigenvalue weighted by atomic mass is 10.1. The Morgan fingerprint density at radius 1 is 0.969 bits per heavy atom. The molecule has 32 heavy (non-hydrogen) atoms. The number of hydrogen-bond donors (Lipinski definition) is 3. The Morgan fingerprint density at radius 2 is 1.47 bits per heavy atom. The van der Waals surface area contributed by atoms with Crippen LogP contribution in [0.4, 0.5) is 39.5 Å². The number of halogens is 9. The van der Waals surface area contributed by atoms with Crippen LogP contribution in [-0.2, 0) is 22.3 Å². The van der Waals surface area contributed by atoms with Crippen molar-refractivity contribution >= 4 is 11.9 Å². The molecule has 0 unspecified atom stereocenters. The van der Waals surface area contributed by atoms with E-state index in [1.807, 2.05) is 0 Å². The van der Waals surface area contributed by atoms with E-state index in [1.165, 1.54) is 12.1 Å². The van der Waals surface area contributed by atoms with Crippen molar-refractivity contribution in [2.45, 2.75) is 43.6 Å². The quantitative estimate of drug-likeness (QED) is 0.557. The molecule has 0 saturated carbocycles. The maximum Gasteiger partial charge on any atom is 0.490 e. The number of benzene rings is 1. The molecule has 0 radical (unpaired) electrons. The number of aliphatic carboxylic acids is 2. The summed E-state index contributed by atoms with van der Waals surface area (Å²) < 4.78 is 101. The van der Waals surface area contributed by atoms with E-state index in [4.69, 9.17) is 19.8 Å². The zero-order valence-electron chi connectivity index (χ0n) is 15.9. The van der Waals surface area contributed by atoms with Crippen molar-refractivity contribution in [2.24, 2.45) is 0 Å². The van der Waals surface area contributed by atoms with Gasteiger partial charge in [0.05, 0.1) is 5.56 Å². The number of carboxylic acids is 2. The predicted octanol–water partition coefficient (Wildman–Crippen LogP) is 3.52. The summed E-state index contributed by atoms with van der Waals surface area (Å²) >= 11 is 0. The largest absolute Gasteiger partial charge is 0.490 e. The van der Waals surface area contributed by atoms with Crippen LogP contribution < -0.4 is 5.32 Å². The van der Waals surface area contributed by atoms with Gasteiger partial charge >= 0.3 is 30.5 Å². The molecule has 2 aliphatic rings. The number of rotatable bonds is 2. The molecule has 1 aromatic rings. The van der Waals surface area contributed by atoms with Crippen LogP contribution >= 0.6 is 0 Å². The molecule has 3 N–H and O–H groups in total. The summed E-state index contributed by atoms with van der Waals surface area (Å²) in [4.78, 5) is 20.1. The second kappa shape index (κ2) is 10.4. The van der Waals surface area contributed by atoms with Crippen molar-refractivity contribution < 1.29 is 59.3 Å². The van der Waals surface area contributed by atoms with Crippen LogP contribution in [0.2, 0.25) is 0 Å². The molecule has 0 spiro atoms. The number of likely N-dealkylation sites (tertiary alicyclic amines) is 1. The van der Waals surface area contributed by atoms with Gasteiger partial charge in [0, 0.05) is 31.7 Å². The van der Waals surface area contributed by atoms with Gasteiger partial charge in [0.1, 0.15) is 0 Å². The first kappa shape index (κ1) is 27.5. The van der Waals surface area contributed by atoms with Gasteiger partial charge in [0.15, 0.2) is 0 Å². The summed E-state index contributed by atoms with van der Waals surface area (Å²) in [6.07, 6.45) is -13.3. The molecular weight excluding hydrogens is 467 g/mol. The van der Waals surface area contributed by atoms with E-state index in [0.717, 1.165) is 31.1 Å². The van der Waals surface area contributed by atoms with Crippen molar-refractivity contribution in [3.05, 3.63) is 35.4 Å². The van der Waals surface area contributed by atoms with Gasteiger partial charge in [-0.25, -0.2) is 9.59 Å². The van der Waals surface area contributed by atoms with Crippen LogP contribution in [0.3, 0.4) is 0 Å². The average molecular weight is 484 g/mol. The van der Waals surface area contributed by atoms with Crippen molar-refractivity contribution in [2.75, 3.05) is 13.1 Å².